The molecule has 96 valence electrons. The third kappa shape index (κ3) is 4.25. The van der Waals surface area contributed by atoms with Crippen molar-refractivity contribution < 1.29 is 19.1 Å². The number of benzene rings is 1. The molecule has 0 bridgehead atoms. The van der Waals surface area contributed by atoms with Crippen molar-refractivity contribution in [2.24, 2.45) is 5.10 Å². The highest BCUT2D eigenvalue weighted by Gasteiger charge is 2.07. The lowest BCUT2D eigenvalue weighted by Gasteiger charge is -2.08. The van der Waals surface area contributed by atoms with Crippen LogP contribution < -0.4 is 14.9 Å². The van der Waals surface area contributed by atoms with Gasteiger partial charge in [-0.25, -0.2) is 5.43 Å². The topological polar surface area (TPSA) is 77.0 Å². The van der Waals surface area contributed by atoms with Crippen molar-refractivity contribution >= 4 is 18.1 Å². The molecule has 1 aromatic carbocycles. The number of hydrazone groups is 1. The molecule has 0 aliphatic heterocycles. The lowest BCUT2D eigenvalue weighted by Crippen LogP contribution is -2.12. The minimum absolute atomic E-state index is 0.255. The molecular formula is C12H14N2O4. The molecule has 1 N–H and O–H groups in total. The van der Waals surface area contributed by atoms with Crippen molar-refractivity contribution in [3.05, 3.63) is 23.8 Å². The fourth-order valence-corrected chi connectivity index (χ4v) is 1.20. The molecule has 0 atom stereocenters. The van der Waals surface area contributed by atoms with Crippen LogP contribution in [0.25, 0.3) is 0 Å². The Morgan fingerprint density at radius 1 is 1.28 bits per heavy atom. The Balaban J connectivity index is 2.87. The van der Waals surface area contributed by atoms with Gasteiger partial charge in [-0.3, -0.25) is 9.59 Å². The maximum absolute atomic E-state index is 10.9. The molecule has 0 aliphatic carbocycles. The number of methoxy groups -OCH3 is 1. The van der Waals surface area contributed by atoms with E-state index in [0.717, 1.165) is 0 Å². The van der Waals surface area contributed by atoms with Gasteiger partial charge in [0, 0.05) is 13.8 Å². The predicted octanol–water partition coefficient (Wildman–Crippen LogP) is 1.09. The summed E-state index contributed by atoms with van der Waals surface area (Å²) >= 11 is 0. The second-order valence-corrected chi connectivity index (χ2v) is 3.43. The lowest BCUT2D eigenvalue weighted by molar-refractivity contribution is -0.132. The zero-order valence-electron chi connectivity index (χ0n) is 10.4. The fraction of sp³-hybridized carbons (Fsp3) is 0.250. The van der Waals surface area contributed by atoms with Crippen LogP contribution in [0, 0.1) is 0 Å². The molecule has 0 heterocycles. The van der Waals surface area contributed by atoms with Crippen molar-refractivity contribution in [2.75, 3.05) is 7.11 Å². The average Bonchev–Trinajstić information content (AvgIpc) is 2.29. The van der Waals surface area contributed by atoms with Crippen LogP contribution in [0.4, 0.5) is 0 Å². The number of hydrogen-bond donors (Lipinski definition) is 1. The molecule has 1 aromatic rings. The number of rotatable bonds is 4. The Kier molecular flexibility index (Phi) is 4.86. The number of carbonyl (C=O) groups is 2. The molecular weight excluding hydrogens is 236 g/mol. The lowest BCUT2D eigenvalue weighted by atomic mass is 10.2. The van der Waals surface area contributed by atoms with E-state index in [4.69, 9.17) is 9.47 Å². The van der Waals surface area contributed by atoms with Crippen molar-refractivity contribution in [3.8, 4) is 11.5 Å². The Morgan fingerprint density at radius 2 is 2.00 bits per heavy atom. The second kappa shape index (κ2) is 6.39. The van der Waals surface area contributed by atoms with Crippen LogP contribution in [0.15, 0.2) is 23.3 Å². The molecule has 0 fully saturated rings. The van der Waals surface area contributed by atoms with Gasteiger partial charge in [-0.15, -0.1) is 0 Å². The van der Waals surface area contributed by atoms with Gasteiger partial charge in [-0.1, -0.05) is 0 Å². The van der Waals surface area contributed by atoms with Gasteiger partial charge in [0.25, 0.3) is 0 Å². The standard InChI is InChI=1S/C12H14N2O4/c1-8(15)14-13-7-10-4-5-11(18-9(2)16)12(6-10)17-3/h4-7H,1-3H3,(H,14,15)/b13-7-. The normalized spacial score (nSPS) is 10.2. The summed E-state index contributed by atoms with van der Waals surface area (Å²) in [5.74, 6) is 0.0707. The Bertz CT molecular complexity index is 483. The number of ether oxygens (including phenoxy) is 2. The maximum atomic E-state index is 10.9. The van der Waals surface area contributed by atoms with Crippen molar-refractivity contribution in [1.29, 1.82) is 0 Å². The first-order valence-electron chi connectivity index (χ1n) is 5.19. The highest BCUT2D eigenvalue weighted by molar-refractivity contribution is 5.83. The molecule has 0 radical (unpaired) electrons. The van der Waals surface area contributed by atoms with E-state index in [1.54, 1.807) is 18.2 Å². The monoisotopic (exact) mass is 250 g/mol. The summed E-state index contributed by atoms with van der Waals surface area (Å²) in [5.41, 5.74) is 2.99. The van der Waals surface area contributed by atoms with Gasteiger partial charge in [0.15, 0.2) is 11.5 Å². The number of carbonyl (C=O) groups excluding carboxylic acids is 2. The SMILES string of the molecule is COc1cc(/C=N\NC(C)=O)ccc1OC(C)=O. The summed E-state index contributed by atoms with van der Waals surface area (Å²) in [7, 11) is 1.47. The third-order valence-electron chi connectivity index (χ3n) is 1.88. The number of amides is 1. The number of hydrogen-bond acceptors (Lipinski definition) is 5. The van der Waals surface area contributed by atoms with Crippen LogP contribution in [0.5, 0.6) is 11.5 Å². The zero-order valence-corrected chi connectivity index (χ0v) is 10.4. The maximum Gasteiger partial charge on any atom is 0.308 e. The average molecular weight is 250 g/mol. The van der Waals surface area contributed by atoms with Gasteiger partial charge < -0.3 is 9.47 Å². The highest BCUT2D eigenvalue weighted by atomic mass is 16.6. The zero-order chi connectivity index (χ0) is 13.5. The highest BCUT2D eigenvalue weighted by Crippen LogP contribution is 2.27. The first-order chi connectivity index (χ1) is 8.52. The Hall–Kier alpha value is -2.37. The van der Waals surface area contributed by atoms with E-state index < -0.39 is 5.97 Å². The molecule has 1 amide bonds. The third-order valence-corrected chi connectivity index (χ3v) is 1.88. The largest absolute Gasteiger partial charge is 0.493 e. The molecule has 6 nitrogen and oxygen atoms in total. The molecule has 6 heteroatoms. The van der Waals surface area contributed by atoms with Crippen molar-refractivity contribution in [1.82, 2.24) is 5.43 Å². The number of nitrogens with zero attached hydrogens (tertiary/aromatic N) is 1. The van der Waals surface area contributed by atoms with Gasteiger partial charge in [0.2, 0.25) is 5.91 Å². The number of esters is 1. The van der Waals surface area contributed by atoms with Crippen LogP contribution in [-0.4, -0.2) is 25.2 Å². The van der Waals surface area contributed by atoms with Gasteiger partial charge in [0.05, 0.1) is 13.3 Å². The molecule has 0 aliphatic rings. The molecule has 0 unspecified atom stereocenters. The van der Waals surface area contributed by atoms with Crippen LogP contribution in [-0.2, 0) is 9.59 Å². The molecule has 1 rings (SSSR count). The summed E-state index contributed by atoms with van der Waals surface area (Å²) < 4.78 is 10.0. The first kappa shape index (κ1) is 13.7. The fourth-order valence-electron chi connectivity index (χ4n) is 1.20. The summed E-state index contributed by atoms with van der Waals surface area (Å²) in [6.07, 6.45) is 1.46. The predicted molar refractivity (Wildman–Crippen MR) is 65.7 cm³/mol. The van der Waals surface area contributed by atoms with E-state index in [2.05, 4.69) is 10.5 Å². The van der Waals surface area contributed by atoms with Gasteiger partial charge >= 0.3 is 5.97 Å². The number of nitrogens with one attached hydrogen (secondary N) is 1. The second-order valence-electron chi connectivity index (χ2n) is 3.43. The van der Waals surface area contributed by atoms with E-state index in [1.165, 1.54) is 27.2 Å². The van der Waals surface area contributed by atoms with Gasteiger partial charge in [-0.2, -0.15) is 5.10 Å². The summed E-state index contributed by atoms with van der Waals surface area (Å²) in [4.78, 5) is 21.5. The van der Waals surface area contributed by atoms with Crippen molar-refractivity contribution in [3.63, 3.8) is 0 Å². The van der Waals surface area contributed by atoms with E-state index in [1.807, 2.05) is 0 Å². The van der Waals surface area contributed by atoms with Gasteiger partial charge in [0.1, 0.15) is 0 Å². The van der Waals surface area contributed by atoms with Crippen LogP contribution in [0.2, 0.25) is 0 Å². The molecule has 0 saturated carbocycles. The Labute approximate surface area is 105 Å². The summed E-state index contributed by atoms with van der Waals surface area (Å²) in [6, 6.07) is 4.92. The molecule has 0 aromatic heterocycles. The van der Waals surface area contributed by atoms with E-state index in [-0.39, 0.29) is 5.91 Å². The smallest absolute Gasteiger partial charge is 0.308 e. The van der Waals surface area contributed by atoms with Crippen LogP contribution >= 0.6 is 0 Å². The summed E-state index contributed by atoms with van der Waals surface area (Å²) in [6.45, 7) is 2.67. The minimum atomic E-state index is -0.423. The van der Waals surface area contributed by atoms with E-state index in [0.29, 0.717) is 17.1 Å². The molecule has 0 spiro atoms. The molecule has 0 saturated heterocycles. The van der Waals surface area contributed by atoms with E-state index >= 15 is 0 Å². The Morgan fingerprint density at radius 3 is 2.56 bits per heavy atom. The van der Waals surface area contributed by atoms with Crippen molar-refractivity contribution in [2.45, 2.75) is 13.8 Å². The van der Waals surface area contributed by atoms with Crippen LogP contribution in [0.1, 0.15) is 19.4 Å². The van der Waals surface area contributed by atoms with Gasteiger partial charge in [-0.05, 0) is 23.8 Å². The summed E-state index contributed by atoms with van der Waals surface area (Å²) in [5, 5.41) is 3.72. The minimum Gasteiger partial charge on any atom is -0.493 e. The quantitative estimate of drug-likeness (QED) is 0.375. The first-order valence-corrected chi connectivity index (χ1v) is 5.19. The van der Waals surface area contributed by atoms with Crippen LogP contribution in [0.3, 0.4) is 0 Å². The van der Waals surface area contributed by atoms with E-state index in [9.17, 15) is 9.59 Å². The molecule has 18 heavy (non-hydrogen) atoms.